The molecule has 1 aliphatic rings. The van der Waals surface area contributed by atoms with Crippen LogP contribution in [0.25, 0.3) is 0 Å². The number of aromatic nitrogens is 2. The van der Waals surface area contributed by atoms with Crippen molar-refractivity contribution in [2.75, 3.05) is 11.9 Å². The van der Waals surface area contributed by atoms with Gasteiger partial charge in [-0.25, -0.2) is 9.97 Å². The molecule has 1 atom stereocenters. The lowest BCUT2D eigenvalue weighted by Gasteiger charge is -2.11. The molecule has 0 amide bonds. The second kappa shape index (κ2) is 4.28. The van der Waals surface area contributed by atoms with Crippen molar-refractivity contribution in [2.24, 2.45) is 5.41 Å². The summed E-state index contributed by atoms with van der Waals surface area (Å²) >= 11 is 0. The second-order valence-corrected chi connectivity index (χ2v) is 5.97. The van der Waals surface area contributed by atoms with Crippen LogP contribution >= 0.6 is 0 Å². The first-order valence-corrected chi connectivity index (χ1v) is 6.56. The van der Waals surface area contributed by atoms with Gasteiger partial charge in [0.15, 0.2) is 0 Å². The summed E-state index contributed by atoms with van der Waals surface area (Å²) in [6.07, 6.45) is 1.21. The van der Waals surface area contributed by atoms with Gasteiger partial charge in [0.05, 0.1) is 0 Å². The maximum Gasteiger partial charge on any atom is 0.134 e. The molecule has 3 heteroatoms. The van der Waals surface area contributed by atoms with Crippen molar-refractivity contribution < 1.29 is 0 Å². The fourth-order valence-corrected chi connectivity index (χ4v) is 2.12. The average molecular weight is 233 g/mol. The van der Waals surface area contributed by atoms with Crippen molar-refractivity contribution in [2.45, 2.75) is 52.9 Å². The summed E-state index contributed by atoms with van der Waals surface area (Å²) in [5.74, 6) is 3.00. The van der Waals surface area contributed by atoms with Gasteiger partial charge in [-0.3, -0.25) is 0 Å². The molecule has 0 aliphatic heterocycles. The van der Waals surface area contributed by atoms with Crippen molar-refractivity contribution >= 4 is 5.82 Å². The Hall–Kier alpha value is -1.12. The Morgan fingerprint density at radius 1 is 1.41 bits per heavy atom. The molecule has 0 bridgehead atoms. The van der Waals surface area contributed by atoms with Crippen LogP contribution in [0.3, 0.4) is 0 Å². The normalized spacial score (nSPS) is 21.6. The third-order valence-electron chi connectivity index (χ3n) is 3.54. The summed E-state index contributed by atoms with van der Waals surface area (Å²) in [6, 6.07) is 2.08. The van der Waals surface area contributed by atoms with Gasteiger partial charge < -0.3 is 5.32 Å². The summed E-state index contributed by atoms with van der Waals surface area (Å²) in [7, 11) is 0. The number of nitrogens with zero attached hydrogens (tertiary/aromatic N) is 2. The van der Waals surface area contributed by atoms with E-state index in [1.807, 2.05) is 0 Å². The lowest BCUT2D eigenvalue weighted by Crippen LogP contribution is -2.07. The molecule has 1 unspecified atom stereocenters. The quantitative estimate of drug-likeness (QED) is 0.864. The lowest BCUT2D eigenvalue weighted by molar-refractivity contribution is 0.605. The molecule has 94 valence electrons. The standard InChI is InChI=1S/C14H23N3/c1-6-15-12-7-11(9(2)3)16-13(17-12)10-8-14(10,4)5/h7,9-10H,6,8H2,1-5H3,(H,15,16,17). The van der Waals surface area contributed by atoms with Gasteiger partial charge in [0, 0.05) is 24.2 Å². The molecular weight excluding hydrogens is 210 g/mol. The zero-order chi connectivity index (χ0) is 12.6. The zero-order valence-electron chi connectivity index (χ0n) is 11.5. The number of rotatable bonds is 4. The highest BCUT2D eigenvalue weighted by molar-refractivity contribution is 5.38. The van der Waals surface area contributed by atoms with Gasteiger partial charge in [-0.1, -0.05) is 27.7 Å². The van der Waals surface area contributed by atoms with Crippen LogP contribution in [0.2, 0.25) is 0 Å². The molecule has 2 rings (SSSR count). The predicted octanol–water partition coefficient (Wildman–Crippen LogP) is 3.55. The van der Waals surface area contributed by atoms with E-state index in [9.17, 15) is 0 Å². The highest BCUT2D eigenvalue weighted by Crippen LogP contribution is 2.57. The van der Waals surface area contributed by atoms with Gasteiger partial charge in [-0.05, 0) is 24.7 Å². The summed E-state index contributed by atoms with van der Waals surface area (Å²) in [5.41, 5.74) is 1.53. The van der Waals surface area contributed by atoms with E-state index in [1.165, 1.54) is 6.42 Å². The van der Waals surface area contributed by atoms with Crippen molar-refractivity contribution in [1.29, 1.82) is 0 Å². The summed E-state index contributed by atoms with van der Waals surface area (Å²) < 4.78 is 0. The zero-order valence-corrected chi connectivity index (χ0v) is 11.5. The highest BCUT2D eigenvalue weighted by atomic mass is 15.0. The average Bonchev–Trinajstić information content (AvgIpc) is 2.88. The maximum atomic E-state index is 4.72. The molecule has 0 saturated heterocycles. The van der Waals surface area contributed by atoms with Crippen LogP contribution in [-0.4, -0.2) is 16.5 Å². The smallest absolute Gasteiger partial charge is 0.134 e. The molecule has 0 aromatic carbocycles. The van der Waals surface area contributed by atoms with Gasteiger partial charge in [-0.2, -0.15) is 0 Å². The molecule has 1 aliphatic carbocycles. The van der Waals surface area contributed by atoms with Crippen LogP contribution in [0.4, 0.5) is 5.82 Å². The Kier molecular flexibility index (Phi) is 3.11. The molecule has 1 saturated carbocycles. The summed E-state index contributed by atoms with van der Waals surface area (Å²) in [4.78, 5) is 9.36. The first-order chi connectivity index (χ1) is 7.94. The minimum absolute atomic E-state index is 0.388. The van der Waals surface area contributed by atoms with Crippen LogP contribution in [0.15, 0.2) is 6.07 Å². The van der Waals surface area contributed by atoms with Crippen molar-refractivity contribution in [3.8, 4) is 0 Å². The van der Waals surface area contributed by atoms with Crippen LogP contribution in [0.5, 0.6) is 0 Å². The monoisotopic (exact) mass is 233 g/mol. The Morgan fingerprint density at radius 3 is 2.53 bits per heavy atom. The van der Waals surface area contributed by atoms with Gasteiger partial charge in [0.2, 0.25) is 0 Å². The fourth-order valence-electron chi connectivity index (χ4n) is 2.12. The van der Waals surface area contributed by atoms with E-state index in [2.05, 4.69) is 51.0 Å². The molecule has 1 heterocycles. The minimum Gasteiger partial charge on any atom is -0.370 e. The summed E-state index contributed by atoms with van der Waals surface area (Å²) in [6.45, 7) is 11.9. The second-order valence-electron chi connectivity index (χ2n) is 5.97. The maximum absolute atomic E-state index is 4.72. The number of anilines is 1. The first-order valence-electron chi connectivity index (χ1n) is 6.56. The molecule has 3 nitrogen and oxygen atoms in total. The van der Waals surface area contributed by atoms with Gasteiger partial charge >= 0.3 is 0 Å². The number of hydrogen-bond donors (Lipinski definition) is 1. The molecular formula is C14H23N3. The van der Waals surface area contributed by atoms with Gasteiger partial charge in [0.1, 0.15) is 11.6 Å². The van der Waals surface area contributed by atoms with E-state index in [-0.39, 0.29) is 0 Å². The molecule has 1 aromatic rings. The van der Waals surface area contributed by atoms with Gasteiger partial charge in [-0.15, -0.1) is 0 Å². The SMILES string of the molecule is CCNc1cc(C(C)C)nc(C2CC2(C)C)n1. The van der Waals surface area contributed by atoms with Crippen LogP contribution in [-0.2, 0) is 0 Å². The Bertz CT molecular complexity index is 410. The largest absolute Gasteiger partial charge is 0.370 e. The molecule has 0 spiro atoms. The van der Waals surface area contributed by atoms with E-state index in [0.717, 1.165) is 23.9 Å². The lowest BCUT2D eigenvalue weighted by atomic mass is 10.1. The van der Waals surface area contributed by atoms with Crippen molar-refractivity contribution in [3.05, 3.63) is 17.6 Å². The molecule has 1 aromatic heterocycles. The third kappa shape index (κ3) is 2.59. The minimum atomic E-state index is 0.388. The molecule has 1 fully saturated rings. The topological polar surface area (TPSA) is 37.8 Å². The van der Waals surface area contributed by atoms with Crippen LogP contribution < -0.4 is 5.32 Å². The Morgan fingerprint density at radius 2 is 2.06 bits per heavy atom. The third-order valence-corrected chi connectivity index (χ3v) is 3.54. The van der Waals surface area contributed by atoms with E-state index in [0.29, 0.717) is 17.3 Å². The Balaban J connectivity index is 2.32. The number of nitrogens with one attached hydrogen (secondary N) is 1. The van der Waals surface area contributed by atoms with Crippen LogP contribution in [0.1, 0.15) is 64.4 Å². The molecule has 0 radical (unpaired) electrons. The molecule has 1 N–H and O–H groups in total. The summed E-state index contributed by atoms with van der Waals surface area (Å²) in [5, 5.41) is 3.30. The van der Waals surface area contributed by atoms with Crippen molar-refractivity contribution in [1.82, 2.24) is 9.97 Å². The van der Waals surface area contributed by atoms with Gasteiger partial charge in [0.25, 0.3) is 0 Å². The van der Waals surface area contributed by atoms with E-state index in [4.69, 9.17) is 4.98 Å². The highest BCUT2D eigenvalue weighted by Gasteiger charge is 2.48. The first kappa shape index (κ1) is 12.3. The van der Waals surface area contributed by atoms with E-state index < -0.39 is 0 Å². The predicted molar refractivity (Wildman–Crippen MR) is 71.4 cm³/mol. The van der Waals surface area contributed by atoms with Crippen molar-refractivity contribution in [3.63, 3.8) is 0 Å². The van der Waals surface area contributed by atoms with E-state index in [1.54, 1.807) is 0 Å². The van der Waals surface area contributed by atoms with Crippen LogP contribution in [0, 0.1) is 5.41 Å². The molecule has 17 heavy (non-hydrogen) atoms. The van der Waals surface area contributed by atoms with E-state index >= 15 is 0 Å². The fraction of sp³-hybridized carbons (Fsp3) is 0.714. The number of hydrogen-bond acceptors (Lipinski definition) is 3. The Labute approximate surface area is 104 Å².